The number of nitrogens with two attached hydrogens (primary N) is 2. The molecule has 31 heavy (non-hydrogen) atoms. The number of cyclic esters (lactones) is 1. The van der Waals surface area contributed by atoms with Gasteiger partial charge >= 0.3 is 6.09 Å². The van der Waals surface area contributed by atoms with Gasteiger partial charge in [-0.1, -0.05) is 24.3 Å². The van der Waals surface area contributed by atoms with Crippen LogP contribution in [0.15, 0.2) is 71.5 Å². The summed E-state index contributed by atoms with van der Waals surface area (Å²) in [5.74, 6) is -0.605. The molecule has 1 saturated heterocycles. The Morgan fingerprint density at radius 1 is 0.968 bits per heavy atom. The number of ether oxygens (including phenoxy) is 1. The number of nitrogens with zero attached hydrogens (tertiary/aromatic N) is 1. The average molecular weight is 420 g/mol. The standard InChI is InChI=1S/C23H21FN4O3/c24-19-11-17(28-13-18(12-25)31-23(28)30)7-9-20(19)27-21-8-3-15(4-10-22(21)29)14-1-5-16(26)6-2-14/h1-11,18H,12-13,25-26H2,(H,27,29). The Morgan fingerprint density at radius 3 is 2.26 bits per heavy atom. The molecule has 1 aliphatic rings. The second kappa shape index (κ2) is 8.45. The number of hydrogen-bond donors (Lipinski definition) is 3. The lowest BCUT2D eigenvalue weighted by Crippen LogP contribution is -2.27. The highest BCUT2D eigenvalue weighted by molar-refractivity contribution is 5.90. The van der Waals surface area contributed by atoms with Gasteiger partial charge in [-0.3, -0.25) is 9.69 Å². The molecule has 4 rings (SSSR count). The molecule has 0 aliphatic carbocycles. The Kier molecular flexibility index (Phi) is 5.55. The van der Waals surface area contributed by atoms with E-state index < -0.39 is 18.0 Å². The minimum atomic E-state index is -0.605. The Hall–Kier alpha value is -3.91. The first-order valence-electron chi connectivity index (χ1n) is 9.69. The molecule has 1 amide bonds. The van der Waals surface area contributed by atoms with Gasteiger partial charge in [-0.05, 0) is 53.6 Å². The van der Waals surface area contributed by atoms with Crippen LogP contribution in [0.3, 0.4) is 0 Å². The first-order valence-corrected chi connectivity index (χ1v) is 9.69. The quantitative estimate of drug-likeness (QED) is 0.545. The van der Waals surface area contributed by atoms with E-state index in [1.54, 1.807) is 36.4 Å². The lowest BCUT2D eigenvalue weighted by atomic mass is 10.1. The highest BCUT2D eigenvalue weighted by atomic mass is 19.1. The van der Waals surface area contributed by atoms with E-state index in [4.69, 9.17) is 16.2 Å². The molecule has 0 bridgehead atoms. The van der Waals surface area contributed by atoms with Gasteiger partial charge < -0.3 is 21.5 Å². The zero-order valence-corrected chi connectivity index (χ0v) is 16.5. The van der Waals surface area contributed by atoms with Crippen molar-refractivity contribution in [3.05, 3.63) is 82.8 Å². The number of nitrogen functional groups attached to an aromatic ring is 1. The summed E-state index contributed by atoms with van der Waals surface area (Å²) < 4.78 is 19.8. The van der Waals surface area contributed by atoms with Gasteiger partial charge in [-0.2, -0.15) is 0 Å². The van der Waals surface area contributed by atoms with Crippen molar-refractivity contribution in [1.82, 2.24) is 0 Å². The summed E-state index contributed by atoms with van der Waals surface area (Å²) in [6, 6.07) is 18.1. The number of halogens is 1. The molecule has 8 heteroatoms. The van der Waals surface area contributed by atoms with Crippen molar-refractivity contribution in [2.75, 3.05) is 29.0 Å². The van der Waals surface area contributed by atoms with Crippen LogP contribution in [0.1, 0.15) is 0 Å². The number of amides is 1. The van der Waals surface area contributed by atoms with Crippen molar-refractivity contribution in [2.24, 2.45) is 5.73 Å². The van der Waals surface area contributed by atoms with Crippen molar-refractivity contribution in [3.8, 4) is 11.1 Å². The second-order valence-electron chi connectivity index (χ2n) is 7.16. The first-order chi connectivity index (χ1) is 14.9. The minimum Gasteiger partial charge on any atom is -0.443 e. The van der Waals surface area contributed by atoms with Gasteiger partial charge in [-0.25, -0.2) is 9.18 Å². The maximum absolute atomic E-state index is 14.7. The van der Waals surface area contributed by atoms with Crippen LogP contribution in [0.25, 0.3) is 11.1 Å². The molecule has 1 fully saturated rings. The Labute approximate surface area is 178 Å². The van der Waals surface area contributed by atoms with Crippen LogP contribution < -0.4 is 27.1 Å². The molecular formula is C23H21FN4O3. The van der Waals surface area contributed by atoms with Crippen LogP contribution in [0, 0.1) is 5.82 Å². The molecule has 1 unspecified atom stereocenters. The molecule has 7 nitrogen and oxygen atoms in total. The van der Waals surface area contributed by atoms with Gasteiger partial charge in [0, 0.05) is 12.2 Å². The number of carbonyl (C=O) groups excluding carboxylic acids is 1. The summed E-state index contributed by atoms with van der Waals surface area (Å²) in [4.78, 5) is 25.7. The number of hydrogen-bond acceptors (Lipinski definition) is 6. The third kappa shape index (κ3) is 4.34. The number of anilines is 4. The van der Waals surface area contributed by atoms with E-state index in [1.165, 1.54) is 23.1 Å². The van der Waals surface area contributed by atoms with E-state index in [-0.39, 0.29) is 29.9 Å². The van der Waals surface area contributed by atoms with Gasteiger partial charge in [0.1, 0.15) is 11.9 Å². The molecular weight excluding hydrogens is 399 g/mol. The predicted molar refractivity (Wildman–Crippen MR) is 119 cm³/mol. The van der Waals surface area contributed by atoms with Crippen molar-refractivity contribution in [3.63, 3.8) is 0 Å². The van der Waals surface area contributed by atoms with Crippen molar-refractivity contribution in [2.45, 2.75) is 6.10 Å². The summed E-state index contributed by atoms with van der Waals surface area (Å²) in [5.41, 5.74) is 14.0. The summed E-state index contributed by atoms with van der Waals surface area (Å²) in [6.45, 7) is 0.453. The van der Waals surface area contributed by atoms with Gasteiger partial charge in [0.2, 0.25) is 5.43 Å². The SMILES string of the molecule is NCC1CN(c2ccc(Nc3ccc(-c4ccc(N)cc4)ccc3=O)c(F)c2)C(=O)O1. The molecule has 3 aromatic carbocycles. The first kappa shape index (κ1) is 20.4. The molecule has 5 N–H and O–H groups in total. The van der Waals surface area contributed by atoms with E-state index in [1.807, 2.05) is 12.1 Å². The molecule has 3 aromatic rings. The largest absolute Gasteiger partial charge is 0.443 e. The fourth-order valence-corrected chi connectivity index (χ4v) is 3.31. The molecule has 0 saturated carbocycles. The smallest absolute Gasteiger partial charge is 0.414 e. The topological polar surface area (TPSA) is 111 Å². The van der Waals surface area contributed by atoms with Crippen molar-refractivity contribution >= 4 is 28.8 Å². The third-order valence-electron chi connectivity index (χ3n) is 5.02. The van der Waals surface area contributed by atoms with E-state index in [0.29, 0.717) is 11.4 Å². The summed E-state index contributed by atoms with van der Waals surface area (Å²) in [7, 11) is 0. The van der Waals surface area contributed by atoms with Crippen molar-refractivity contribution < 1.29 is 13.9 Å². The van der Waals surface area contributed by atoms with Crippen LogP contribution in [0.4, 0.5) is 31.9 Å². The lowest BCUT2D eigenvalue weighted by molar-refractivity contribution is 0.145. The number of rotatable bonds is 5. The van der Waals surface area contributed by atoms with Crippen LogP contribution in [0.5, 0.6) is 0 Å². The second-order valence-corrected chi connectivity index (χ2v) is 7.16. The predicted octanol–water partition coefficient (Wildman–Crippen LogP) is 3.46. The van der Waals surface area contributed by atoms with Gasteiger partial charge in [0.25, 0.3) is 0 Å². The Morgan fingerprint density at radius 2 is 1.61 bits per heavy atom. The summed E-state index contributed by atoms with van der Waals surface area (Å²) >= 11 is 0. The zero-order valence-electron chi connectivity index (χ0n) is 16.5. The molecule has 1 atom stereocenters. The van der Waals surface area contributed by atoms with E-state index in [0.717, 1.165) is 11.1 Å². The van der Waals surface area contributed by atoms with Crippen molar-refractivity contribution in [1.29, 1.82) is 0 Å². The van der Waals surface area contributed by atoms with Gasteiger partial charge in [0.15, 0.2) is 0 Å². The minimum absolute atomic E-state index is 0.115. The third-order valence-corrected chi connectivity index (χ3v) is 5.02. The van der Waals surface area contributed by atoms with Gasteiger partial charge in [0.05, 0.1) is 23.6 Å². The number of benzene rings is 2. The van der Waals surface area contributed by atoms with Crippen LogP contribution >= 0.6 is 0 Å². The molecule has 1 heterocycles. The Bertz CT molecular complexity index is 1180. The average Bonchev–Trinajstić information content (AvgIpc) is 3.05. The monoisotopic (exact) mass is 420 g/mol. The molecule has 0 aromatic heterocycles. The van der Waals surface area contributed by atoms with Gasteiger partial charge in [-0.15, -0.1) is 0 Å². The maximum Gasteiger partial charge on any atom is 0.414 e. The Balaban J connectivity index is 1.58. The zero-order chi connectivity index (χ0) is 22.0. The summed E-state index contributed by atoms with van der Waals surface area (Å²) in [6.07, 6.45) is -0.987. The van der Waals surface area contributed by atoms with E-state index in [2.05, 4.69) is 5.32 Å². The molecule has 1 aliphatic heterocycles. The van der Waals surface area contributed by atoms with Crippen LogP contribution in [0.2, 0.25) is 0 Å². The maximum atomic E-state index is 14.7. The normalized spacial score (nSPS) is 15.6. The molecule has 0 radical (unpaired) electrons. The number of nitrogens with one attached hydrogen (secondary N) is 1. The fraction of sp³-hybridized carbons (Fsp3) is 0.130. The lowest BCUT2D eigenvalue weighted by Gasteiger charge is -2.14. The molecule has 0 spiro atoms. The molecule has 158 valence electrons. The van der Waals surface area contributed by atoms with E-state index in [9.17, 15) is 14.0 Å². The highest BCUT2D eigenvalue weighted by Crippen LogP contribution is 2.27. The highest BCUT2D eigenvalue weighted by Gasteiger charge is 2.31. The van der Waals surface area contributed by atoms with Crippen LogP contribution in [-0.2, 0) is 4.74 Å². The number of carbonyl (C=O) groups is 1. The summed E-state index contributed by atoms with van der Waals surface area (Å²) in [5, 5.41) is 2.84. The van der Waals surface area contributed by atoms with E-state index >= 15 is 0 Å². The fourth-order valence-electron chi connectivity index (χ4n) is 3.31. The van der Waals surface area contributed by atoms with Crippen LogP contribution in [-0.4, -0.2) is 25.3 Å².